The smallest absolute Gasteiger partial charge is 0.217 e. The van der Waals surface area contributed by atoms with Gasteiger partial charge in [-0.3, -0.25) is 9.59 Å². The van der Waals surface area contributed by atoms with Gasteiger partial charge < -0.3 is 5.32 Å². The molecule has 0 saturated carbocycles. The van der Waals surface area contributed by atoms with E-state index in [1.54, 1.807) is 24.3 Å². The molecule has 4 heteroatoms. The molecule has 0 aliphatic rings. The molecule has 0 aliphatic carbocycles. The molecule has 0 bridgehead atoms. The molecule has 0 unspecified atom stereocenters. The Balaban J connectivity index is 2.63. The first-order valence-corrected chi connectivity index (χ1v) is 5.37. The van der Waals surface area contributed by atoms with E-state index >= 15 is 0 Å². The number of hydrogen-bond acceptors (Lipinski definition) is 3. The summed E-state index contributed by atoms with van der Waals surface area (Å²) in [5.41, 5.74) is 1.26. The Morgan fingerprint density at radius 3 is 2.50 bits per heavy atom. The number of hydrogen-bond donors (Lipinski definition) is 1. The van der Waals surface area contributed by atoms with Gasteiger partial charge in [0.05, 0.1) is 19.0 Å². The van der Waals surface area contributed by atoms with Crippen LogP contribution in [0.1, 0.15) is 29.3 Å². The lowest BCUT2D eigenvalue weighted by Crippen LogP contribution is -2.19. The first kappa shape index (κ1) is 13.5. The lowest BCUT2D eigenvalue weighted by molar-refractivity contribution is -0.118. The van der Waals surface area contributed by atoms with E-state index in [1.165, 1.54) is 6.92 Å². The average molecular weight is 240 g/mol. The molecule has 4 nitrogen and oxygen atoms in total. The van der Waals surface area contributed by atoms with Gasteiger partial charge in [0.1, 0.15) is 0 Å². The van der Waals surface area contributed by atoms with Crippen LogP contribution >= 0.6 is 0 Å². The van der Waals surface area contributed by atoms with Crippen LogP contribution in [0.15, 0.2) is 24.3 Å². The van der Waals surface area contributed by atoms with Gasteiger partial charge in [0.15, 0.2) is 5.78 Å². The summed E-state index contributed by atoms with van der Waals surface area (Å²) in [4.78, 5) is 22.0. The van der Waals surface area contributed by atoms with Crippen molar-refractivity contribution >= 4 is 11.7 Å². The minimum atomic E-state index is -0.199. The number of benzene rings is 1. The zero-order valence-electron chi connectivity index (χ0n) is 9.99. The fourth-order valence-corrected chi connectivity index (χ4v) is 1.23. The van der Waals surface area contributed by atoms with Crippen molar-refractivity contribution in [2.24, 2.45) is 0 Å². The fourth-order valence-electron chi connectivity index (χ4n) is 1.23. The van der Waals surface area contributed by atoms with Crippen LogP contribution in [0.5, 0.6) is 0 Å². The largest absolute Gasteiger partial charge is 0.345 e. The molecule has 1 aromatic carbocycles. The van der Waals surface area contributed by atoms with E-state index in [0.717, 1.165) is 5.56 Å². The molecule has 0 heterocycles. The van der Waals surface area contributed by atoms with E-state index in [4.69, 9.17) is 5.26 Å². The number of rotatable bonds is 3. The number of nitrogens with one attached hydrogen (secondary N) is 1. The van der Waals surface area contributed by atoms with Gasteiger partial charge in [0, 0.05) is 18.1 Å². The maximum Gasteiger partial charge on any atom is 0.217 e. The molecule has 0 spiro atoms. The molecular weight excluding hydrogens is 228 g/mol. The summed E-state index contributed by atoms with van der Waals surface area (Å²) >= 11 is 0. The molecule has 1 amide bonds. The molecule has 0 aliphatic heterocycles. The van der Waals surface area contributed by atoms with E-state index < -0.39 is 0 Å². The number of nitriles is 1. The molecule has 0 saturated heterocycles. The van der Waals surface area contributed by atoms with Crippen molar-refractivity contribution in [3.8, 4) is 17.9 Å². The van der Waals surface area contributed by atoms with Gasteiger partial charge in [0.2, 0.25) is 5.91 Å². The highest BCUT2D eigenvalue weighted by atomic mass is 16.1. The van der Waals surface area contributed by atoms with Gasteiger partial charge in [-0.2, -0.15) is 5.26 Å². The van der Waals surface area contributed by atoms with Crippen molar-refractivity contribution < 1.29 is 9.59 Å². The lowest BCUT2D eigenvalue weighted by atomic mass is 10.1. The monoisotopic (exact) mass is 240 g/mol. The highest BCUT2D eigenvalue weighted by Gasteiger charge is 2.03. The molecule has 1 rings (SSSR count). The normalized spacial score (nSPS) is 8.67. The van der Waals surface area contributed by atoms with Crippen molar-refractivity contribution in [1.82, 2.24) is 5.32 Å². The Morgan fingerprint density at radius 1 is 1.28 bits per heavy atom. The highest BCUT2D eigenvalue weighted by Crippen LogP contribution is 2.05. The Kier molecular flexibility index (Phi) is 5.15. The minimum Gasteiger partial charge on any atom is -0.345 e. The van der Waals surface area contributed by atoms with Crippen LogP contribution in [-0.2, 0) is 4.79 Å². The third-order valence-electron chi connectivity index (χ3n) is 2.10. The Labute approximate surface area is 106 Å². The van der Waals surface area contributed by atoms with Crippen molar-refractivity contribution in [3.63, 3.8) is 0 Å². The number of amides is 1. The van der Waals surface area contributed by atoms with E-state index in [1.807, 2.05) is 6.07 Å². The van der Waals surface area contributed by atoms with Gasteiger partial charge in [-0.15, -0.1) is 0 Å². The first-order chi connectivity index (χ1) is 8.63. The Bertz CT molecular complexity index is 542. The molecule has 90 valence electrons. The number of carbonyl (C=O) groups excluding carboxylic acids is 2. The molecule has 0 radical (unpaired) electrons. The summed E-state index contributed by atoms with van der Waals surface area (Å²) < 4.78 is 0. The average Bonchev–Trinajstić information content (AvgIpc) is 2.35. The highest BCUT2D eigenvalue weighted by molar-refractivity contribution is 5.97. The zero-order valence-corrected chi connectivity index (χ0v) is 9.99. The topological polar surface area (TPSA) is 70.0 Å². The van der Waals surface area contributed by atoms with Crippen LogP contribution < -0.4 is 5.32 Å². The van der Waals surface area contributed by atoms with Crippen LogP contribution in [0.3, 0.4) is 0 Å². The molecule has 0 atom stereocenters. The fraction of sp³-hybridized carbons (Fsp3) is 0.214. The molecular formula is C14H12N2O2. The third-order valence-corrected chi connectivity index (χ3v) is 2.10. The number of ketones is 1. The summed E-state index contributed by atoms with van der Waals surface area (Å²) in [6.45, 7) is 1.72. The van der Waals surface area contributed by atoms with Gasteiger partial charge in [-0.1, -0.05) is 24.0 Å². The van der Waals surface area contributed by atoms with Crippen molar-refractivity contribution in [3.05, 3.63) is 35.4 Å². The maximum atomic E-state index is 11.4. The quantitative estimate of drug-likeness (QED) is 0.639. The summed E-state index contributed by atoms with van der Waals surface area (Å²) in [5.74, 6) is 5.32. The molecule has 1 N–H and O–H groups in total. The standard InChI is InChI=1S/C14H12N2O2/c1-11(17)16-10-2-3-12-4-6-13(7-5-12)14(18)8-9-15/h4-7H,8,10H2,1H3,(H,16,17). The van der Waals surface area contributed by atoms with Gasteiger partial charge >= 0.3 is 0 Å². The van der Waals surface area contributed by atoms with Crippen LogP contribution in [-0.4, -0.2) is 18.2 Å². The number of Topliss-reactive ketones (excluding diaryl/α,β-unsaturated/α-hetero) is 1. The summed E-state index contributed by atoms with van der Waals surface area (Å²) in [6, 6.07) is 8.52. The second kappa shape index (κ2) is 6.88. The SMILES string of the molecule is CC(=O)NCC#Cc1ccc(C(=O)CC#N)cc1. The van der Waals surface area contributed by atoms with Crippen LogP contribution in [0.4, 0.5) is 0 Å². The summed E-state index contributed by atoms with van der Waals surface area (Å²) in [5, 5.41) is 11.0. The van der Waals surface area contributed by atoms with E-state index in [-0.39, 0.29) is 18.1 Å². The maximum absolute atomic E-state index is 11.4. The Hall–Kier alpha value is -2.59. The lowest BCUT2D eigenvalue weighted by Gasteiger charge is -1.96. The van der Waals surface area contributed by atoms with Crippen molar-refractivity contribution in [1.29, 1.82) is 5.26 Å². The molecule has 0 fully saturated rings. The van der Waals surface area contributed by atoms with Crippen LogP contribution in [0.25, 0.3) is 0 Å². The molecule has 0 aromatic heterocycles. The minimum absolute atomic E-state index is 0.118. The number of nitrogens with zero attached hydrogens (tertiary/aromatic N) is 1. The molecule has 1 aromatic rings. The van der Waals surface area contributed by atoms with Crippen LogP contribution in [0.2, 0.25) is 0 Å². The van der Waals surface area contributed by atoms with Gasteiger partial charge in [0.25, 0.3) is 0 Å². The van der Waals surface area contributed by atoms with Crippen molar-refractivity contribution in [2.75, 3.05) is 6.54 Å². The predicted molar refractivity (Wildman–Crippen MR) is 66.6 cm³/mol. The van der Waals surface area contributed by atoms with Crippen molar-refractivity contribution in [2.45, 2.75) is 13.3 Å². The predicted octanol–water partition coefficient (Wildman–Crippen LogP) is 1.27. The van der Waals surface area contributed by atoms with E-state index in [0.29, 0.717) is 12.1 Å². The van der Waals surface area contributed by atoms with E-state index in [9.17, 15) is 9.59 Å². The number of carbonyl (C=O) groups is 2. The Morgan fingerprint density at radius 2 is 1.94 bits per heavy atom. The van der Waals surface area contributed by atoms with Gasteiger partial charge in [-0.05, 0) is 12.1 Å². The van der Waals surface area contributed by atoms with E-state index in [2.05, 4.69) is 17.2 Å². The second-order valence-corrected chi connectivity index (χ2v) is 3.55. The summed E-state index contributed by atoms with van der Waals surface area (Å²) in [7, 11) is 0. The molecule has 18 heavy (non-hydrogen) atoms. The second-order valence-electron chi connectivity index (χ2n) is 3.55. The van der Waals surface area contributed by atoms with Gasteiger partial charge in [-0.25, -0.2) is 0 Å². The summed E-state index contributed by atoms with van der Waals surface area (Å²) in [6.07, 6.45) is -0.118. The first-order valence-electron chi connectivity index (χ1n) is 5.37. The van der Waals surface area contributed by atoms with Crippen LogP contribution in [0, 0.1) is 23.2 Å². The zero-order chi connectivity index (χ0) is 13.4. The third kappa shape index (κ3) is 4.51.